The van der Waals surface area contributed by atoms with Crippen LogP contribution in [0.4, 0.5) is 16.2 Å². The topological polar surface area (TPSA) is 74.5 Å². The molecule has 0 spiro atoms. The summed E-state index contributed by atoms with van der Waals surface area (Å²) in [5, 5.41) is 7.00. The van der Waals surface area contributed by atoms with Gasteiger partial charge in [0.15, 0.2) is 0 Å². The SMILES string of the molecule is Cc1ccc(C)c(NC(=O)N2CCN(c3ccc(-c4noc(C)n4)cc3)CC2)c1. The van der Waals surface area contributed by atoms with Crippen LogP contribution in [0.15, 0.2) is 47.0 Å². The molecule has 1 fully saturated rings. The van der Waals surface area contributed by atoms with Crippen molar-refractivity contribution in [3.63, 3.8) is 0 Å². The number of aromatic nitrogens is 2. The van der Waals surface area contributed by atoms with Crippen LogP contribution in [0.5, 0.6) is 0 Å². The summed E-state index contributed by atoms with van der Waals surface area (Å²) < 4.78 is 5.04. The third kappa shape index (κ3) is 4.23. The minimum atomic E-state index is -0.0406. The quantitative estimate of drug-likeness (QED) is 0.730. The smallest absolute Gasteiger partial charge is 0.321 e. The molecule has 0 aliphatic carbocycles. The molecule has 1 aliphatic rings. The van der Waals surface area contributed by atoms with E-state index in [1.165, 1.54) is 0 Å². The average molecular weight is 391 g/mol. The number of anilines is 2. The Kier molecular flexibility index (Phi) is 5.20. The van der Waals surface area contributed by atoms with E-state index >= 15 is 0 Å². The normalized spacial score (nSPS) is 14.2. The van der Waals surface area contributed by atoms with Crippen LogP contribution in [0.25, 0.3) is 11.4 Å². The molecule has 0 saturated carbocycles. The first-order chi connectivity index (χ1) is 14.0. The lowest BCUT2D eigenvalue weighted by Crippen LogP contribution is -2.50. The Hall–Kier alpha value is -3.35. The monoisotopic (exact) mass is 391 g/mol. The third-order valence-corrected chi connectivity index (χ3v) is 5.22. The van der Waals surface area contributed by atoms with E-state index in [9.17, 15) is 4.79 Å². The summed E-state index contributed by atoms with van der Waals surface area (Å²) >= 11 is 0. The van der Waals surface area contributed by atoms with Gasteiger partial charge >= 0.3 is 6.03 Å². The summed E-state index contributed by atoms with van der Waals surface area (Å²) in [4.78, 5) is 21.1. The van der Waals surface area contributed by atoms with Gasteiger partial charge < -0.3 is 19.6 Å². The second kappa shape index (κ2) is 7.95. The lowest BCUT2D eigenvalue weighted by Gasteiger charge is -2.36. The summed E-state index contributed by atoms with van der Waals surface area (Å²) in [5.74, 6) is 1.15. The number of carbonyl (C=O) groups excluding carboxylic acids is 1. The van der Waals surface area contributed by atoms with E-state index in [1.807, 2.05) is 43.0 Å². The summed E-state index contributed by atoms with van der Waals surface area (Å²) in [5.41, 5.74) is 5.14. The van der Waals surface area contributed by atoms with E-state index in [0.29, 0.717) is 24.8 Å². The number of nitrogens with one attached hydrogen (secondary N) is 1. The van der Waals surface area contributed by atoms with E-state index in [1.54, 1.807) is 6.92 Å². The maximum absolute atomic E-state index is 12.7. The fourth-order valence-electron chi connectivity index (χ4n) is 3.47. The number of hydrogen-bond donors (Lipinski definition) is 1. The number of benzene rings is 2. The van der Waals surface area contributed by atoms with Crippen LogP contribution in [-0.4, -0.2) is 47.3 Å². The molecule has 1 aromatic heterocycles. The molecule has 0 bridgehead atoms. The number of urea groups is 1. The van der Waals surface area contributed by atoms with Crippen molar-refractivity contribution in [2.45, 2.75) is 20.8 Å². The second-order valence-corrected chi connectivity index (χ2v) is 7.41. The summed E-state index contributed by atoms with van der Waals surface area (Å²) in [7, 11) is 0. The van der Waals surface area contributed by atoms with Crippen molar-refractivity contribution < 1.29 is 9.32 Å². The van der Waals surface area contributed by atoms with Crippen LogP contribution in [0, 0.1) is 20.8 Å². The van der Waals surface area contributed by atoms with Gasteiger partial charge in [-0.1, -0.05) is 17.3 Å². The van der Waals surface area contributed by atoms with E-state index in [0.717, 1.165) is 41.2 Å². The van der Waals surface area contributed by atoms with Crippen molar-refractivity contribution in [2.24, 2.45) is 0 Å². The Balaban J connectivity index is 1.35. The number of hydrogen-bond acceptors (Lipinski definition) is 5. The van der Waals surface area contributed by atoms with Gasteiger partial charge in [0.2, 0.25) is 11.7 Å². The van der Waals surface area contributed by atoms with Gasteiger partial charge in [-0.15, -0.1) is 0 Å². The number of rotatable bonds is 3. The highest BCUT2D eigenvalue weighted by molar-refractivity contribution is 5.90. The van der Waals surface area contributed by atoms with Gasteiger partial charge in [0.05, 0.1) is 0 Å². The number of nitrogens with zero attached hydrogens (tertiary/aromatic N) is 4. The highest BCUT2D eigenvalue weighted by atomic mass is 16.5. The first-order valence-electron chi connectivity index (χ1n) is 9.78. The highest BCUT2D eigenvalue weighted by Gasteiger charge is 2.22. The Labute approximate surface area is 170 Å². The van der Waals surface area contributed by atoms with Crippen LogP contribution >= 0.6 is 0 Å². The maximum Gasteiger partial charge on any atom is 0.321 e. The standard InChI is InChI=1S/C22H25N5O2/c1-15-4-5-16(2)20(14-15)24-22(28)27-12-10-26(11-13-27)19-8-6-18(7-9-19)21-23-17(3)29-25-21/h4-9,14H,10-13H2,1-3H3,(H,24,28). The van der Waals surface area contributed by atoms with E-state index in [2.05, 4.69) is 38.6 Å². The molecule has 3 aromatic rings. The van der Waals surface area contributed by atoms with Gasteiger partial charge in [-0.05, 0) is 55.3 Å². The molecular weight excluding hydrogens is 366 g/mol. The molecule has 7 heteroatoms. The van der Waals surface area contributed by atoms with Gasteiger partial charge in [0, 0.05) is 50.0 Å². The van der Waals surface area contributed by atoms with Gasteiger partial charge in [-0.25, -0.2) is 4.79 Å². The van der Waals surface area contributed by atoms with Crippen molar-refractivity contribution in [3.8, 4) is 11.4 Å². The predicted molar refractivity (Wildman–Crippen MR) is 113 cm³/mol. The lowest BCUT2D eigenvalue weighted by atomic mass is 10.1. The number of carbonyl (C=O) groups is 1. The fourth-order valence-corrected chi connectivity index (χ4v) is 3.47. The zero-order chi connectivity index (χ0) is 20.4. The minimum absolute atomic E-state index is 0.0406. The third-order valence-electron chi connectivity index (χ3n) is 5.22. The highest BCUT2D eigenvalue weighted by Crippen LogP contribution is 2.23. The lowest BCUT2D eigenvalue weighted by molar-refractivity contribution is 0.208. The van der Waals surface area contributed by atoms with Crippen molar-refractivity contribution in [1.29, 1.82) is 0 Å². The summed E-state index contributed by atoms with van der Waals surface area (Å²) in [6, 6.07) is 14.2. The van der Waals surface area contributed by atoms with E-state index in [-0.39, 0.29) is 6.03 Å². The molecule has 150 valence electrons. The van der Waals surface area contributed by atoms with Gasteiger partial charge in [0.1, 0.15) is 0 Å². The molecule has 29 heavy (non-hydrogen) atoms. The summed E-state index contributed by atoms with van der Waals surface area (Å²) in [6.07, 6.45) is 0. The van der Waals surface area contributed by atoms with Crippen molar-refractivity contribution in [2.75, 3.05) is 36.4 Å². The number of amides is 2. The molecule has 2 aromatic carbocycles. The Morgan fingerprint density at radius 1 is 1.00 bits per heavy atom. The predicted octanol–water partition coefficient (Wildman–Crippen LogP) is 4.02. The van der Waals surface area contributed by atoms with Crippen molar-refractivity contribution in [1.82, 2.24) is 15.0 Å². The summed E-state index contributed by atoms with van der Waals surface area (Å²) in [6.45, 7) is 8.76. The molecule has 1 N–H and O–H groups in total. The van der Waals surface area contributed by atoms with E-state index < -0.39 is 0 Å². The van der Waals surface area contributed by atoms with Gasteiger partial charge in [-0.2, -0.15) is 4.98 Å². The van der Waals surface area contributed by atoms with Gasteiger partial charge in [-0.3, -0.25) is 0 Å². The fraction of sp³-hybridized carbons (Fsp3) is 0.318. The molecule has 7 nitrogen and oxygen atoms in total. The average Bonchev–Trinajstić information content (AvgIpc) is 3.17. The second-order valence-electron chi connectivity index (χ2n) is 7.41. The van der Waals surface area contributed by atoms with Gasteiger partial charge in [0.25, 0.3) is 0 Å². The molecule has 0 atom stereocenters. The van der Waals surface area contributed by atoms with Crippen molar-refractivity contribution >= 4 is 17.4 Å². The molecule has 2 amide bonds. The van der Waals surface area contributed by atoms with Crippen LogP contribution in [0.1, 0.15) is 17.0 Å². The first-order valence-corrected chi connectivity index (χ1v) is 9.78. The van der Waals surface area contributed by atoms with Crippen LogP contribution in [0.3, 0.4) is 0 Å². The largest absolute Gasteiger partial charge is 0.368 e. The zero-order valence-corrected chi connectivity index (χ0v) is 17.0. The van der Waals surface area contributed by atoms with Crippen LogP contribution < -0.4 is 10.2 Å². The Morgan fingerprint density at radius 2 is 1.72 bits per heavy atom. The number of piperazine rings is 1. The molecule has 0 radical (unpaired) electrons. The number of aryl methyl sites for hydroxylation is 3. The molecule has 1 aliphatic heterocycles. The molecule has 2 heterocycles. The van der Waals surface area contributed by atoms with Crippen LogP contribution in [-0.2, 0) is 0 Å². The Bertz CT molecular complexity index is 1000. The molecular formula is C22H25N5O2. The molecule has 0 unspecified atom stereocenters. The zero-order valence-electron chi connectivity index (χ0n) is 17.0. The molecule has 1 saturated heterocycles. The molecule has 4 rings (SSSR count). The minimum Gasteiger partial charge on any atom is -0.368 e. The Morgan fingerprint density at radius 3 is 2.38 bits per heavy atom. The maximum atomic E-state index is 12.7. The van der Waals surface area contributed by atoms with E-state index in [4.69, 9.17) is 4.52 Å². The van der Waals surface area contributed by atoms with Crippen molar-refractivity contribution in [3.05, 3.63) is 59.5 Å². The first kappa shape index (κ1) is 19.0. The van der Waals surface area contributed by atoms with Crippen LogP contribution in [0.2, 0.25) is 0 Å².